The molecule has 1 aliphatic rings. The molecule has 0 aromatic heterocycles. The molecule has 0 spiro atoms. The van der Waals surface area contributed by atoms with Gasteiger partial charge in [0.1, 0.15) is 6.04 Å². The molecule has 1 amide bonds. The molecule has 6 N–H and O–H groups in total. The average molecular weight is 842 g/mol. The highest BCUT2D eigenvalue weighted by Crippen LogP contribution is 2.16. The number of aryl methyl sites for hydroxylation is 4. The zero-order valence-electron chi connectivity index (χ0n) is 30.2. The van der Waals surface area contributed by atoms with E-state index >= 15 is 0 Å². The fourth-order valence-electron chi connectivity index (χ4n) is 4.16. The van der Waals surface area contributed by atoms with E-state index in [0.29, 0.717) is 6.54 Å². The Hall–Kier alpha value is -4.56. The first kappa shape index (κ1) is 48.5. The second-order valence-corrected chi connectivity index (χ2v) is 17.4. The Morgan fingerprint density at radius 3 is 1.00 bits per heavy atom. The summed E-state index contributed by atoms with van der Waals surface area (Å²) in [6, 6.07) is 25.8. The van der Waals surface area contributed by atoms with Crippen LogP contribution in [0.4, 0.5) is 0 Å². The number of carbonyl (C=O) groups is 1. The highest BCUT2D eigenvalue weighted by atomic mass is 32.2. The fraction of sp³-hybridized carbons (Fsp3) is 0.257. The number of nitrogens with two attached hydrogens (primary N) is 1. The summed E-state index contributed by atoms with van der Waals surface area (Å²) in [5, 5.41) is 8.60. The molecule has 0 unspecified atom stereocenters. The number of hydrogen-bond acceptors (Lipinski definition) is 11. The Balaban J connectivity index is 0.000000344. The third-order valence-corrected chi connectivity index (χ3v) is 10.6. The van der Waals surface area contributed by atoms with Crippen molar-refractivity contribution in [2.75, 3.05) is 13.1 Å². The Labute approximate surface area is 322 Å². The molecule has 0 aliphatic carbocycles. The van der Waals surface area contributed by atoms with Crippen molar-refractivity contribution in [3.8, 4) is 6.07 Å². The standard InChI is InChI=1S/C7H11N3O.4C7H8O3S/c8-4-6-2-1-3-10(6)7(11)5-9;4*1-6-2-4-7(5-3-6)11(8,9)10/h6H,1-3,5,9H2;4*2-5H,1H3,(H,8,9,10)/t6-;;;;/m0..../s1. The number of nitrogens with zero attached hydrogens (tertiary/aromatic N) is 2. The Bertz CT molecular complexity index is 2030. The lowest BCUT2D eigenvalue weighted by atomic mass is 10.2. The van der Waals surface area contributed by atoms with Gasteiger partial charge in [0.15, 0.2) is 0 Å². The van der Waals surface area contributed by atoms with E-state index in [1.807, 2.05) is 27.7 Å². The molecular formula is C35H43N3O13S4. The molecular weight excluding hydrogens is 799 g/mol. The number of nitriles is 1. The molecule has 0 radical (unpaired) electrons. The summed E-state index contributed by atoms with van der Waals surface area (Å²) in [5.41, 5.74) is 8.99. The van der Waals surface area contributed by atoms with Gasteiger partial charge in [0, 0.05) is 6.54 Å². The molecule has 16 nitrogen and oxygen atoms in total. The van der Waals surface area contributed by atoms with Crippen LogP contribution in [0.1, 0.15) is 35.1 Å². The third-order valence-electron chi connectivity index (χ3n) is 7.17. The summed E-state index contributed by atoms with van der Waals surface area (Å²) < 4.78 is 118. The van der Waals surface area contributed by atoms with Crippen LogP contribution in [0.25, 0.3) is 0 Å². The molecule has 1 aliphatic heterocycles. The fourth-order valence-corrected chi connectivity index (χ4v) is 6.08. The smallest absolute Gasteiger partial charge is 0.294 e. The number of carbonyl (C=O) groups excluding carboxylic acids is 1. The van der Waals surface area contributed by atoms with Crippen LogP contribution in [0.15, 0.2) is 117 Å². The van der Waals surface area contributed by atoms with Crippen molar-refractivity contribution in [1.82, 2.24) is 4.90 Å². The van der Waals surface area contributed by atoms with Crippen molar-refractivity contribution in [3.63, 3.8) is 0 Å². The van der Waals surface area contributed by atoms with Crippen LogP contribution in [-0.2, 0) is 45.3 Å². The molecule has 5 rings (SSSR count). The maximum absolute atomic E-state index is 11.0. The van der Waals surface area contributed by atoms with E-state index in [0.717, 1.165) is 35.1 Å². The predicted molar refractivity (Wildman–Crippen MR) is 203 cm³/mol. The quantitative estimate of drug-likeness (QED) is 0.174. The van der Waals surface area contributed by atoms with Crippen LogP contribution in [0.2, 0.25) is 0 Å². The third kappa shape index (κ3) is 18.6. The van der Waals surface area contributed by atoms with Gasteiger partial charge in [-0.2, -0.15) is 38.9 Å². The summed E-state index contributed by atoms with van der Waals surface area (Å²) >= 11 is 0. The van der Waals surface area contributed by atoms with Crippen molar-refractivity contribution >= 4 is 46.4 Å². The van der Waals surface area contributed by atoms with Crippen molar-refractivity contribution in [1.29, 1.82) is 5.26 Å². The van der Waals surface area contributed by atoms with Crippen LogP contribution >= 0.6 is 0 Å². The molecule has 1 atom stereocenters. The normalized spacial score (nSPS) is 13.8. The van der Waals surface area contributed by atoms with Gasteiger partial charge in [-0.25, -0.2) is 0 Å². The molecule has 1 fully saturated rings. The maximum atomic E-state index is 11.0. The zero-order valence-corrected chi connectivity index (χ0v) is 33.5. The Morgan fingerprint density at radius 1 is 0.582 bits per heavy atom. The molecule has 4 aromatic rings. The molecule has 4 aromatic carbocycles. The van der Waals surface area contributed by atoms with Gasteiger partial charge in [-0.3, -0.25) is 23.0 Å². The predicted octanol–water partition coefficient (Wildman–Crippen LogP) is 4.43. The lowest BCUT2D eigenvalue weighted by molar-refractivity contribution is -0.129. The number of hydrogen-bond donors (Lipinski definition) is 5. The molecule has 0 bridgehead atoms. The first-order chi connectivity index (χ1) is 25.3. The van der Waals surface area contributed by atoms with Crippen molar-refractivity contribution in [2.45, 2.75) is 66.2 Å². The van der Waals surface area contributed by atoms with Gasteiger partial charge in [0.05, 0.1) is 32.2 Å². The Morgan fingerprint density at radius 2 is 0.818 bits per heavy atom. The second kappa shape index (κ2) is 21.5. The molecule has 55 heavy (non-hydrogen) atoms. The van der Waals surface area contributed by atoms with E-state index in [1.54, 1.807) is 53.4 Å². The minimum atomic E-state index is -4.02. The van der Waals surface area contributed by atoms with Gasteiger partial charge < -0.3 is 10.6 Å². The van der Waals surface area contributed by atoms with E-state index in [-0.39, 0.29) is 38.1 Å². The lowest BCUT2D eigenvalue weighted by Crippen LogP contribution is -2.38. The largest absolute Gasteiger partial charge is 0.326 e. The van der Waals surface area contributed by atoms with Crippen molar-refractivity contribution in [2.24, 2.45) is 5.73 Å². The number of likely N-dealkylation sites (tertiary alicyclic amines) is 1. The van der Waals surface area contributed by atoms with Gasteiger partial charge in [-0.15, -0.1) is 0 Å². The number of benzene rings is 4. The summed E-state index contributed by atoms with van der Waals surface area (Å²) in [6.07, 6.45) is 1.71. The topological polar surface area (TPSA) is 288 Å². The van der Waals surface area contributed by atoms with E-state index in [9.17, 15) is 38.5 Å². The molecule has 300 valence electrons. The monoisotopic (exact) mass is 841 g/mol. The van der Waals surface area contributed by atoms with Gasteiger partial charge in [-0.1, -0.05) is 70.8 Å². The van der Waals surface area contributed by atoms with E-state index in [1.165, 1.54) is 48.5 Å². The molecule has 1 saturated heterocycles. The molecule has 1 heterocycles. The van der Waals surface area contributed by atoms with Crippen LogP contribution in [-0.4, -0.2) is 81.8 Å². The van der Waals surface area contributed by atoms with E-state index < -0.39 is 40.5 Å². The number of rotatable bonds is 5. The van der Waals surface area contributed by atoms with E-state index in [2.05, 4.69) is 6.07 Å². The van der Waals surface area contributed by atoms with Crippen molar-refractivity contribution < 1.29 is 56.7 Å². The lowest BCUT2D eigenvalue weighted by Gasteiger charge is -2.17. The van der Waals surface area contributed by atoms with Gasteiger partial charge in [0.25, 0.3) is 40.5 Å². The summed E-state index contributed by atoms with van der Waals surface area (Å²) in [7, 11) is -16.1. The van der Waals surface area contributed by atoms with E-state index in [4.69, 9.17) is 29.2 Å². The Kier molecular flexibility index (Phi) is 19.0. The highest BCUT2D eigenvalue weighted by molar-refractivity contribution is 7.86. The SMILES string of the molecule is Cc1ccc(S(=O)(=O)O)cc1.Cc1ccc(S(=O)(=O)O)cc1.Cc1ccc(S(=O)(=O)O)cc1.Cc1ccc(S(=O)(=O)O)cc1.N#C[C@@H]1CCCN1C(=O)CN. The minimum Gasteiger partial charge on any atom is -0.326 e. The summed E-state index contributed by atoms with van der Waals surface area (Å²) in [4.78, 5) is 12.3. The van der Waals surface area contributed by atoms with Crippen LogP contribution in [0.3, 0.4) is 0 Å². The number of amides is 1. The van der Waals surface area contributed by atoms with Crippen molar-refractivity contribution in [3.05, 3.63) is 119 Å². The first-order valence-electron chi connectivity index (χ1n) is 15.9. The second-order valence-electron chi connectivity index (χ2n) is 11.7. The van der Waals surface area contributed by atoms with Crippen LogP contribution < -0.4 is 5.73 Å². The van der Waals surface area contributed by atoms with Gasteiger partial charge in [-0.05, 0) is 89.1 Å². The van der Waals surface area contributed by atoms with Gasteiger partial charge in [0.2, 0.25) is 5.91 Å². The highest BCUT2D eigenvalue weighted by Gasteiger charge is 2.27. The van der Waals surface area contributed by atoms with Crippen LogP contribution in [0, 0.1) is 39.0 Å². The zero-order chi connectivity index (χ0) is 42.2. The maximum Gasteiger partial charge on any atom is 0.294 e. The van der Waals surface area contributed by atoms with Crippen LogP contribution in [0.5, 0.6) is 0 Å². The first-order valence-corrected chi connectivity index (χ1v) is 21.6. The molecule has 20 heteroatoms. The molecule has 0 saturated carbocycles. The summed E-state index contributed by atoms with van der Waals surface area (Å²) in [6.45, 7) is 8.07. The van der Waals surface area contributed by atoms with Gasteiger partial charge >= 0.3 is 0 Å². The average Bonchev–Trinajstić information content (AvgIpc) is 3.58. The summed E-state index contributed by atoms with van der Waals surface area (Å²) in [5.74, 6) is -0.117. The minimum absolute atomic E-state index is 0.0121.